The fourth-order valence-electron chi connectivity index (χ4n) is 2.79. The predicted molar refractivity (Wildman–Crippen MR) is 66.0 cm³/mol. The molecule has 2 nitrogen and oxygen atoms in total. The van der Waals surface area contributed by atoms with Crippen molar-refractivity contribution < 1.29 is 0 Å². The van der Waals surface area contributed by atoms with Crippen LogP contribution in [0.15, 0.2) is 29.4 Å². The number of rotatable bonds is 1. The highest BCUT2D eigenvalue weighted by molar-refractivity contribution is 6.07. The van der Waals surface area contributed by atoms with Crippen molar-refractivity contribution in [3.8, 4) is 0 Å². The summed E-state index contributed by atoms with van der Waals surface area (Å²) >= 11 is 0. The van der Waals surface area contributed by atoms with Crippen LogP contribution in [-0.2, 0) is 0 Å². The number of hydrogen-bond acceptors (Lipinski definition) is 1. The molecule has 1 aliphatic carbocycles. The molecule has 2 aliphatic rings. The summed E-state index contributed by atoms with van der Waals surface area (Å²) in [5, 5.41) is 4.41. The summed E-state index contributed by atoms with van der Waals surface area (Å²) in [6, 6.07) is 8.35. The van der Waals surface area contributed by atoms with E-state index < -0.39 is 0 Å². The van der Waals surface area contributed by atoms with Crippen LogP contribution in [0.25, 0.3) is 0 Å². The van der Waals surface area contributed by atoms with E-state index >= 15 is 0 Å². The van der Waals surface area contributed by atoms with Crippen molar-refractivity contribution in [3.63, 3.8) is 0 Å². The lowest BCUT2D eigenvalue weighted by Gasteiger charge is -2.13. The van der Waals surface area contributed by atoms with E-state index in [0.717, 1.165) is 5.69 Å². The van der Waals surface area contributed by atoms with E-state index in [4.69, 9.17) is 0 Å². The van der Waals surface area contributed by atoms with E-state index in [0.29, 0.717) is 5.92 Å². The molecule has 0 saturated heterocycles. The van der Waals surface area contributed by atoms with Crippen LogP contribution in [-0.4, -0.2) is 5.71 Å². The van der Waals surface area contributed by atoms with Gasteiger partial charge in [-0.25, -0.2) is 0 Å². The SMILES string of the molecule is c1ccc2c(c1)[N]N=C2C1CCCCCC1. The summed E-state index contributed by atoms with van der Waals surface area (Å²) in [5.74, 6) is 0.648. The molecule has 0 bridgehead atoms. The van der Waals surface area contributed by atoms with Crippen molar-refractivity contribution in [1.82, 2.24) is 5.43 Å². The average molecular weight is 213 g/mol. The third-order valence-corrected chi connectivity index (χ3v) is 3.69. The zero-order valence-electron chi connectivity index (χ0n) is 9.52. The summed E-state index contributed by atoms with van der Waals surface area (Å²) in [7, 11) is 0. The van der Waals surface area contributed by atoms with Crippen molar-refractivity contribution in [2.45, 2.75) is 38.5 Å². The third kappa shape index (κ3) is 1.73. The summed E-state index contributed by atoms with van der Waals surface area (Å²) in [5.41, 5.74) is 7.85. The molecule has 3 rings (SSSR count). The maximum atomic E-state index is 4.41. The molecule has 1 saturated carbocycles. The molecule has 1 aromatic rings. The Labute approximate surface area is 96.8 Å². The summed E-state index contributed by atoms with van der Waals surface area (Å²) in [6.07, 6.45) is 8.08. The molecule has 1 fully saturated rings. The van der Waals surface area contributed by atoms with Crippen LogP contribution in [0.4, 0.5) is 5.69 Å². The molecular formula is C14H17N2. The highest BCUT2D eigenvalue weighted by Crippen LogP contribution is 2.32. The molecule has 1 heterocycles. The largest absolute Gasteiger partial charge is 0.154 e. The zero-order chi connectivity index (χ0) is 10.8. The molecular weight excluding hydrogens is 196 g/mol. The molecule has 0 spiro atoms. The average Bonchev–Trinajstić information content (AvgIpc) is 2.57. The molecule has 0 unspecified atom stereocenters. The Morgan fingerprint density at radius 3 is 2.50 bits per heavy atom. The number of hydrogen-bond donors (Lipinski definition) is 0. The minimum atomic E-state index is 0.648. The highest BCUT2D eigenvalue weighted by Gasteiger charge is 2.25. The molecule has 0 atom stereocenters. The maximum absolute atomic E-state index is 4.41. The Hall–Kier alpha value is -1.31. The van der Waals surface area contributed by atoms with Crippen LogP contribution in [0.2, 0.25) is 0 Å². The van der Waals surface area contributed by atoms with Gasteiger partial charge in [0, 0.05) is 11.5 Å². The minimum Gasteiger partial charge on any atom is -0.154 e. The lowest BCUT2D eigenvalue weighted by atomic mass is 9.90. The fraction of sp³-hybridized carbons (Fsp3) is 0.500. The van der Waals surface area contributed by atoms with Crippen LogP contribution < -0.4 is 5.43 Å². The lowest BCUT2D eigenvalue weighted by Crippen LogP contribution is -2.13. The van der Waals surface area contributed by atoms with Gasteiger partial charge in [-0.3, -0.25) is 0 Å². The molecule has 16 heavy (non-hydrogen) atoms. The van der Waals surface area contributed by atoms with Crippen molar-refractivity contribution in [3.05, 3.63) is 29.8 Å². The first-order valence-corrected chi connectivity index (χ1v) is 6.33. The van der Waals surface area contributed by atoms with Gasteiger partial charge in [0.2, 0.25) is 0 Å². The number of fused-ring (bicyclic) bond motifs is 1. The van der Waals surface area contributed by atoms with Gasteiger partial charge in [0.05, 0.1) is 11.4 Å². The zero-order valence-corrected chi connectivity index (χ0v) is 9.52. The van der Waals surface area contributed by atoms with E-state index in [-0.39, 0.29) is 0 Å². The molecule has 1 radical (unpaired) electrons. The van der Waals surface area contributed by atoms with Gasteiger partial charge in [-0.2, -0.15) is 10.5 Å². The quantitative estimate of drug-likeness (QED) is 0.637. The third-order valence-electron chi connectivity index (χ3n) is 3.69. The summed E-state index contributed by atoms with van der Waals surface area (Å²) in [4.78, 5) is 0. The Morgan fingerprint density at radius 2 is 1.69 bits per heavy atom. The Morgan fingerprint density at radius 1 is 0.938 bits per heavy atom. The van der Waals surface area contributed by atoms with E-state index in [1.165, 1.54) is 49.8 Å². The molecule has 0 amide bonds. The molecule has 2 heteroatoms. The standard InChI is InChI=1S/C14H17N2/c1-2-4-8-11(7-3-1)14-12-9-5-6-10-13(12)15-16-14/h5-6,9-11H,1-4,7-8H2. The van der Waals surface area contributed by atoms with Gasteiger partial charge < -0.3 is 0 Å². The fourth-order valence-corrected chi connectivity index (χ4v) is 2.79. The predicted octanol–water partition coefficient (Wildman–Crippen LogP) is 3.61. The first kappa shape index (κ1) is 9.88. The Balaban J connectivity index is 1.85. The molecule has 0 aromatic heterocycles. The second-order valence-corrected chi connectivity index (χ2v) is 4.79. The molecule has 0 N–H and O–H groups in total. The van der Waals surface area contributed by atoms with E-state index in [9.17, 15) is 0 Å². The van der Waals surface area contributed by atoms with Crippen LogP contribution >= 0.6 is 0 Å². The van der Waals surface area contributed by atoms with Gasteiger partial charge in [-0.15, -0.1) is 0 Å². The molecule has 1 aliphatic heterocycles. The first-order valence-electron chi connectivity index (χ1n) is 6.33. The van der Waals surface area contributed by atoms with Crippen molar-refractivity contribution in [2.75, 3.05) is 0 Å². The first-order chi connectivity index (χ1) is 7.95. The summed E-state index contributed by atoms with van der Waals surface area (Å²) in [6.45, 7) is 0. The smallest absolute Gasteiger partial charge is 0.0948 e. The van der Waals surface area contributed by atoms with Crippen LogP contribution in [0.1, 0.15) is 44.1 Å². The van der Waals surface area contributed by atoms with E-state index in [1.54, 1.807) is 0 Å². The van der Waals surface area contributed by atoms with Gasteiger partial charge in [-0.05, 0) is 18.9 Å². The van der Waals surface area contributed by atoms with E-state index in [1.807, 2.05) is 6.07 Å². The normalized spacial score (nSPS) is 20.9. The number of benzene rings is 1. The van der Waals surface area contributed by atoms with Crippen LogP contribution in [0.5, 0.6) is 0 Å². The Bertz CT molecular complexity index is 401. The van der Waals surface area contributed by atoms with Gasteiger partial charge in [-0.1, -0.05) is 43.9 Å². The second kappa shape index (κ2) is 4.28. The topological polar surface area (TPSA) is 26.5 Å². The maximum Gasteiger partial charge on any atom is 0.0948 e. The van der Waals surface area contributed by atoms with Gasteiger partial charge in [0.1, 0.15) is 0 Å². The van der Waals surface area contributed by atoms with Crippen LogP contribution in [0, 0.1) is 5.92 Å². The second-order valence-electron chi connectivity index (χ2n) is 4.79. The number of nitrogens with zero attached hydrogens (tertiary/aromatic N) is 2. The van der Waals surface area contributed by atoms with Crippen molar-refractivity contribution in [1.29, 1.82) is 0 Å². The van der Waals surface area contributed by atoms with Gasteiger partial charge in [0.15, 0.2) is 0 Å². The van der Waals surface area contributed by atoms with Crippen LogP contribution in [0.3, 0.4) is 0 Å². The summed E-state index contributed by atoms with van der Waals surface area (Å²) < 4.78 is 0. The minimum absolute atomic E-state index is 0.648. The monoisotopic (exact) mass is 213 g/mol. The molecule has 1 aromatic carbocycles. The highest BCUT2D eigenvalue weighted by atomic mass is 15.3. The van der Waals surface area contributed by atoms with Gasteiger partial charge >= 0.3 is 0 Å². The molecule has 83 valence electrons. The van der Waals surface area contributed by atoms with Gasteiger partial charge in [0.25, 0.3) is 0 Å². The lowest BCUT2D eigenvalue weighted by molar-refractivity contribution is 0.591. The van der Waals surface area contributed by atoms with Crippen molar-refractivity contribution in [2.24, 2.45) is 11.0 Å². The van der Waals surface area contributed by atoms with Crippen molar-refractivity contribution >= 4 is 11.4 Å². The Kier molecular flexibility index (Phi) is 2.65. The van der Waals surface area contributed by atoms with E-state index in [2.05, 4.69) is 28.7 Å².